The Bertz CT molecular complexity index is 1210. The molecule has 0 N–H and O–H groups in total. The van der Waals surface area contributed by atoms with Crippen molar-refractivity contribution in [2.75, 3.05) is 37.6 Å². The third-order valence-electron chi connectivity index (χ3n) is 5.89. The first-order chi connectivity index (χ1) is 16.0. The summed E-state index contributed by atoms with van der Waals surface area (Å²) in [5, 5.41) is 0. The van der Waals surface area contributed by atoms with E-state index in [1.807, 2.05) is 30.3 Å². The van der Waals surface area contributed by atoms with Crippen LogP contribution in [0.1, 0.15) is 5.56 Å². The van der Waals surface area contributed by atoms with E-state index >= 15 is 0 Å². The number of hydrogen-bond donors (Lipinski definition) is 0. The fourth-order valence-electron chi connectivity index (χ4n) is 4.09. The molecule has 3 aliphatic rings. The zero-order valence-corrected chi connectivity index (χ0v) is 17.6. The second-order valence-corrected chi connectivity index (χ2v) is 7.87. The topological polar surface area (TPSA) is 85.6 Å². The molecule has 0 bridgehead atoms. The normalized spacial score (nSPS) is 18.1. The molecule has 2 aromatic rings. The predicted molar refractivity (Wildman–Crippen MR) is 122 cm³/mol. The number of rotatable bonds is 4. The molecule has 3 aliphatic heterocycles. The van der Waals surface area contributed by atoms with Crippen molar-refractivity contribution in [2.45, 2.75) is 0 Å². The smallest absolute Gasteiger partial charge is 0.351 e. The van der Waals surface area contributed by atoms with Crippen LogP contribution in [0, 0.1) is 5.82 Å². The van der Waals surface area contributed by atoms with Gasteiger partial charge in [-0.05, 0) is 29.8 Å². The molecule has 0 radical (unpaired) electrons. The Morgan fingerprint density at radius 2 is 1.61 bits per heavy atom. The number of benzene rings is 2. The number of para-hydroxylation sites is 1. The number of nitrogens with zero attached hydrogens (tertiary/aromatic N) is 5. The molecule has 5 rings (SSSR count). The van der Waals surface area contributed by atoms with E-state index in [4.69, 9.17) is 0 Å². The Hall–Kier alpha value is -4.14. The van der Waals surface area contributed by atoms with Crippen LogP contribution in [0.3, 0.4) is 0 Å². The molecule has 9 heteroatoms. The summed E-state index contributed by atoms with van der Waals surface area (Å²) >= 11 is 0. The Balaban J connectivity index is 1.25. The van der Waals surface area contributed by atoms with Gasteiger partial charge in [-0.2, -0.15) is 4.99 Å². The molecular weight excluding hydrogens is 425 g/mol. The Labute approximate surface area is 189 Å². The highest BCUT2D eigenvalue weighted by Crippen LogP contribution is 2.26. The van der Waals surface area contributed by atoms with Crippen molar-refractivity contribution in [1.29, 1.82) is 0 Å². The van der Waals surface area contributed by atoms with Gasteiger partial charge in [-0.3, -0.25) is 9.59 Å². The Kier molecular flexibility index (Phi) is 5.29. The third kappa shape index (κ3) is 3.93. The van der Waals surface area contributed by atoms with Crippen LogP contribution in [-0.4, -0.2) is 71.8 Å². The molecule has 8 nitrogen and oxygen atoms in total. The maximum absolute atomic E-state index is 13.2. The second-order valence-electron chi connectivity index (χ2n) is 7.87. The van der Waals surface area contributed by atoms with Crippen molar-refractivity contribution in [3.05, 3.63) is 72.2 Å². The summed E-state index contributed by atoms with van der Waals surface area (Å²) in [7, 11) is 0. The molecule has 1 fully saturated rings. The molecule has 2 aromatic carbocycles. The highest BCUT2D eigenvalue weighted by Gasteiger charge is 2.39. The third-order valence-corrected chi connectivity index (χ3v) is 5.89. The second kappa shape index (κ2) is 8.42. The molecule has 166 valence electrons. The van der Waals surface area contributed by atoms with E-state index in [-0.39, 0.29) is 23.9 Å². The lowest BCUT2D eigenvalue weighted by Gasteiger charge is -2.36. The van der Waals surface area contributed by atoms with Crippen molar-refractivity contribution in [3.8, 4) is 0 Å². The standard InChI is InChI=1S/C24H20FN5O3/c25-17-8-6-16(7-9-17)19-14-26-22-21(19)27-24(33)30(23(22)32)15-20(31)29-12-10-28(11-13-29)18-4-2-1-3-5-18/h1-9,14H,10-13,15H2. The quantitative estimate of drug-likeness (QED) is 0.723. The van der Waals surface area contributed by atoms with E-state index in [2.05, 4.69) is 14.9 Å². The molecule has 3 heterocycles. The molecule has 0 unspecified atom stereocenters. The summed E-state index contributed by atoms with van der Waals surface area (Å²) < 4.78 is 13.2. The van der Waals surface area contributed by atoms with E-state index in [1.54, 1.807) is 4.90 Å². The van der Waals surface area contributed by atoms with Crippen molar-refractivity contribution in [1.82, 2.24) is 9.80 Å². The van der Waals surface area contributed by atoms with E-state index in [9.17, 15) is 18.8 Å². The van der Waals surface area contributed by atoms with Crippen LogP contribution in [0.5, 0.6) is 0 Å². The van der Waals surface area contributed by atoms with Gasteiger partial charge >= 0.3 is 6.03 Å². The van der Waals surface area contributed by atoms with Crippen molar-refractivity contribution in [2.24, 2.45) is 9.98 Å². The number of anilines is 1. The van der Waals surface area contributed by atoms with E-state index < -0.39 is 17.8 Å². The number of halogens is 1. The average molecular weight is 445 g/mol. The molecule has 0 aromatic heterocycles. The summed E-state index contributed by atoms with van der Waals surface area (Å²) in [6.45, 7) is 1.94. The van der Waals surface area contributed by atoms with Gasteiger partial charge in [0.15, 0.2) is 5.71 Å². The van der Waals surface area contributed by atoms with Gasteiger partial charge in [-0.25, -0.2) is 19.1 Å². The predicted octanol–water partition coefficient (Wildman–Crippen LogP) is 2.37. The molecule has 1 saturated heterocycles. The molecular formula is C24H20FN5O3. The van der Waals surface area contributed by atoms with Gasteiger partial charge in [0.05, 0.1) is 0 Å². The van der Waals surface area contributed by atoms with Crippen LogP contribution in [0.4, 0.5) is 14.9 Å². The van der Waals surface area contributed by atoms with Gasteiger partial charge in [-0.15, -0.1) is 0 Å². The number of aliphatic imine (C=N–C) groups is 2. The van der Waals surface area contributed by atoms with E-state index in [1.165, 1.54) is 30.5 Å². The first-order valence-corrected chi connectivity index (χ1v) is 10.6. The molecule has 0 saturated carbocycles. The van der Waals surface area contributed by atoms with Crippen LogP contribution in [-0.2, 0) is 9.59 Å². The molecule has 0 aliphatic carbocycles. The highest BCUT2D eigenvalue weighted by atomic mass is 19.1. The lowest BCUT2D eigenvalue weighted by molar-refractivity contribution is -0.135. The number of carbonyl (C=O) groups is 3. The van der Waals surface area contributed by atoms with E-state index in [0.717, 1.165) is 10.6 Å². The maximum atomic E-state index is 13.2. The van der Waals surface area contributed by atoms with Crippen molar-refractivity contribution in [3.63, 3.8) is 0 Å². The van der Waals surface area contributed by atoms with Gasteiger partial charge < -0.3 is 9.80 Å². The Morgan fingerprint density at radius 3 is 2.30 bits per heavy atom. The highest BCUT2D eigenvalue weighted by molar-refractivity contribution is 6.78. The van der Waals surface area contributed by atoms with Crippen molar-refractivity contribution < 1.29 is 18.8 Å². The minimum Gasteiger partial charge on any atom is -0.368 e. The average Bonchev–Trinajstić information content (AvgIpc) is 3.26. The largest absolute Gasteiger partial charge is 0.368 e. The lowest BCUT2D eigenvalue weighted by Crippen LogP contribution is -2.54. The number of amides is 4. The molecule has 0 spiro atoms. The monoisotopic (exact) mass is 445 g/mol. The SMILES string of the molecule is O=C(CN1C(=O)N=C2C(c3ccc(F)cc3)=CN=C2C1=O)N1CCN(c2ccccc2)CC1. The molecule has 0 atom stereocenters. The summed E-state index contributed by atoms with van der Waals surface area (Å²) in [6, 6.07) is 14.8. The number of piperazine rings is 1. The van der Waals surface area contributed by atoms with Crippen LogP contribution in [0.2, 0.25) is 0 Å². The maximum Gasteiger partial charge on any atom is 0.351 e. The number of allylic oxidation sites excluding steroid dienone is 1. The van der Waals surface area contributed by atoms with Gasteiger partial charge in [-0.1, -0.05) is 30.3 Å². The van der Waals surface area contributed by atoms with Crippen LogP contribution in [0.25, 0.3) is 5.57 Å². The number of urea groups is 1. The van der Waals surface area contributed by atoms with Gasteiger partial charge in [0, 0.05) is 43.6 Å². The lowest BCUT2D eigenvalue weighted by atomic mass is 9.99. The van der Waals surface area contributed by atoms with Crippen LogP contribution >= 0.6 is 0 Å². The minimum atomic E-state index is -0.805. The number of fused-ring (bicyclic) bond motifs is 1. The molecule has 33 heavy (non-hydrogen) atoms. The van der Waals surface area contributed by atoms with Gasteiger partial charge in [0.25, 0.3) is 5.91 Å². The summed E-state index contributed by atoms with van der Waals surface area (Å²) in [4.78, 5) is 51.2. The molecule has 4 amide bonds. The zero-order valence-electron chi connectivity index (χ0n) is 17.6. The van der Waals surface area contributed by atoms with Crippen LogP contribution < -0.4 is 4.90 Å². The zero-order chi connectivity index (χ0) is 22.9. The van der Waals surface area contributed by atoms with E-state index in [0.29, 0.717) is 37.3 Å². The van der Waals surface area contributed by atoms with Crippen LogP contribution in [0.15, 0.2) is 70.8 Å². The number of imide groups is 1. The first kappa shape index (κ1) is 20.7. The fraction of sp³-hybridized carbons (Fsp3) is 0.208. The number of hydrogen-bond acceptors (Lipinski definition) is 5. The van der Waals surface area contributed by atoms with Gasteiger partial charge in [0.2, 0.25) is 5.91 Å². The van der Waals surface area contributed by atoms with Crippen molar-refractivity contribution >= 4 is 40.5 Å². The summed E-state index contributed by atoms with van der Waals surface area (Å²) in [5.74, 6) is -1.37. The minimum absolute atomic E-state index is 0.00984. The fourth-order valence-corrected chi connectivity index (χ4v) is 4.09. The summed E-state index contributed by atoms with van der Waals surface area (Å²) in [5.41, 5.74) is 2.31. The summed E-state index contributed by atoms with van der Waals surface area (Å²) in [6.07, 6.45) is 1.43. The van der Waals surface area contributed by atoms with Gasteiger partial charge in [0.1, 0.15) is 18.1 Å². The Morgan fingerprint density at radius 1 is 0.909 bits per heavy atom. The first-order valence-electron chi connectivity index (χ1n) is 10.6. The number of carbonyl (C=O) groups excluding carboxylic acids is 3.